The smallest absolute Gasteiger partial charge is 0.308 e. The molecule has 0 bridgehead atoms. The number of nitrogens with zero attached hydrogens (tertiary/aromatic N) is 6. The first-order chi connectivity index (χ1) is 31.1. The molecule has 0 spiro atoms. The zero-order valence-electron chi connectivity index (χ0n) is 37.6. The molecular weight excluding hydrogens is 861 g/mol. The molecule has 5 heterocycles. The fourth-order valence-corrected chi connectivity index (χ4v) is 10.5. The van der Waals surface area contributed by atoms with E-state index in [0.29, 0.717) is 17.2 Å². The van der Waals surface area contributed by atoms with Gasteiger partial charge in [-0.25, -0.2) is 4.98 Å². The number of carbonyl (C=O) groups is 4. The minimum atomic E-state index is -0.939. The van der Waals surface area contributed by atoms with Gasteiger partial charge in [-0.3, -0.25) is 28.7 Å². The van der Waals surface area contributed by atoms with Crippen molar-refractivity contribution in [3.05, 3.63) is 128 Å². The number of benzene rings is 3. The summed E-state index contributed by atoms with van der Waals surface area (Å²) >= 11 is 3.22. The van der Waals surface area contributed by atoms with Gasteiger partial charge >= 0.3 is 5.97 Å². The van der Waals surface area contributed by atoms with Crippen LogP contribution in [-0.2, 0) is 19.1 Å². The topological polar surface area (TPSA) is 181 Å². The van der Waals surface area contributed by atoms with Crippen LogP contribution in [0.15, 0.2) is 83.3 Å². The van der Waals surface area contributed by atoms with Gasteiger partial charge in [-0.15, -0.1) is 32.9 Å². The van der Waals surface area contributed by atoms with E-state index >= 15 is 0 Å². The van der Waals surface area contributed by atoms with Crippen LogP contribution in [-0.4, -0.2) is 91.0 Å². The van der Waals surface area contributed by atoms with Crippen LogP contribution in [0.3, 0.4) is 0 Å². The number of aryl methyl sites for hydroxylation is 3. The van der Waals surface area contributed by atoms with Crippen molar-refractivity contribution in [1.82, 2.24) is 35.3 Å². The number of aliphatic imine (C=N–C) groups is 1. The van der Waals surface area contributed by atoms with E-state index in [1.807, 2.05) is 105 Å². The first-order valence-corrected chi connectivity index (χ1v) is 23.3. The summed E-state index contributed by atoms with van der Waals surface area (Å²) in [7, 11) is 1.36. The van der Waals surface area contributed by atoms with E-state index < -0.39 is 42.0 Å². The summed E-state index contributed by atoms with van der Waals surface area (Å²) < 4.78 is 7.02. The second-order valence-electron chi connectivity index (χ2n) is 17.0. The van der Waals surface area contributed by atoms with Gasteiger partial charge in [0.25, 0.3) is 5.91 Å². The van der Waals surface area contributed by atoms with E-state index in [9.17, 15) is 24.3 Å². The second kappa shape index (κ2) is 18.6. The molecule has 14 nitrogen and oxygen atoms in total. The van der Waals surface area contributed by atoms with Gasteiger partial charge in [-0.05, 0) is 80.5 Å². The number of aliphatic hydroxyl groups excluding tert-OH is 1. The number of likely N-dealkylation sites (tertiary alicyclic amines) is 1. The minimum absolute atomic E-state index is 0.0131. The lowest BCUT2D eigenvalue weighted by molar-refractivity contribution is -0.141. The predicted molar refractivity (Wildman–Crippen MR) is 251 cm³/mol. The molecule has 1 fully saturated rings. The normalized spacial score (nSPS) is 17.7. The molecule has 3 aromatic carbocycles. The summed E-state index contributed by atoms with van der Waals surface area (Å²) in [5, 5.41) is 26.4. The summed E-state index contributed by atoms with van der Waals surface area (Å²) in [6.07, 6.45) is -0.773. The number of esters is 1. The van der Waals surface area contributed by atoms with Crippen molar-refractivity contribution in [2.24, 2.45) is 10.9 Å². The Kier molecular flexibility index (Phi) is 13.0. The third-order valence-corrected chi connectivity index (χ3v) is 14.5. The number of hydrogen-bond donors (Lipinski definition) is 3. The number of carbonyl (C=O) groups excluding carboxylic acids is 4. The number of amides is 3. The van der Waals surface area contributed by atoms with Crippen molar-refractivity contribution in [1.29, 1.82) is 0 Å². The third kappa shape index (κ3) is 9.02. The number of methoxy groups -OCH3 is 1. The molecule has 2 aliphatic heterocycles. The van der Waals surface area contributed by atoms with Crippen molar-refractivity contribution >= 4 is 52.1 Å². The fraction of sp³-hybridized carbons (Fsp3) is 0.347. The van der Waals surface area contributed by atoms with Crippen LogP contribution >= 0.6 is 22.7 Å². The largest absolute Gasteiger partial charge is 0.469 e. The highest BCUT2D eigenvalue weighted by Gasteiger charge is 2.42. The van der Waals surface area contributed by atoms with Crippen molar-refractivity contribution in [3.63, 3.8) is 0 Å². The van der Waals surface area contributed by atoms with Gasteiger partial charge in [0.15, 0.2) is 5.82 Å². The minimum Gasteiger partial charge on any atom is -0.469 e. The van der Waals surface area contributed by atoms with Crippen LogP contribution < -0.4 is 10.6 Å². The monoisotopic (exact) mass is 912 g/mol. The molecule has 2 aliphatic rings. The van der Waals surface area contributed by atoms with Crippen molar-refractivity contribution in [3.8, 4) is 26.6 Å². The molecule has 3 aromatic heterocycles. The molecule has 65 heavy (non-hydrogen) atoms. The zero-order chi connectivity index (χ0) is 46.3. The Morgan fingerprint density at radius 3 is 2.14 bits per heavy atom. The van der Waals surface area contributed by atoms with Gasteiger partial charge in [-0.1, -0.05) is 74.5 Å². The number of nitrogens with one attached hydrogen (secondary N) is 2. The van der Waals surface area contributed by atoms with E-state index in [1.165, 1.54) is 12.0 Å². The lowest BCUT2D eigenvalue weighted by Crippen LogP contribution is -2.55. The summed E-state index contributed by atoms with van der Waals surface area (Å²) in [6.45, 7) is 13.6. The highest BCUT2D eigenvalue weighted by molar-refractivity contribution is 7.15. The quantitative estimate of drug-likeness (QED) is 0.105. The van der Waals surface area contributed by atoms with Gasteiger partial charge in [0.2, 0.25) is 11.8 Å². The number of fused-ring (bicyclic) bond motifs is 3. The number of ether oxygens (including phenoxy) is 1. The third-order valence-electron chi connectivity index (χ3n) is 12.3. The highest BCUT2D eigenvalue weighted by Crippen LogP contribution is 2.40. The molecule has 3 N–H and O–H groups in total. The Labute approximate surface area is 385 Å². The molecule has 5 atom stereocenters. The van der Waals surface area contributed by atoms with Crippen LogP contribution in [0.2, 0.25) is 0 Å². The second-order valence-corrected chi connectivity index (χ2v) is 19.1. The number of thiazole rings is 1. The molecule has 0 radical (unpaired) electrons. The van der Waals surface area contributed by atoms with Crippen molar-refractivity contribution < 1.29 is 29.0 Å². The van der Waals surface area contributed by atoms with E-state index in [4.69, 9.17) is 9.73 Å². The summed E-state index contributed by atoms with van der Waals surface area (Å²) in [5.74, 6) is -0.629. The zero-order valence-corrected chi connectivity index (χ0v) is 39.2. The Morgan fingerprint density at radius 1 is 0.862 bits per heavy atom. The highest BCUT2D eigenvalue weighted by atomic mass is 32.1. The molecular formula is C49H52N8O6S2. The van der Waals surface area contributed by atoms with Crippen molar-refractivity contribution in [2.75, 3.05) is 13.7 Å². The Morgan fingerprint density at radius 2 is 1.51 bits per heavy atom. The number of thiophene rings is 1. The van der Waals surface area contributed by atoms with Crippen LogP contribution in [0.1, 0.15) is 101 Å². The number of aliphatic hydroxyl groups is 1. The first kappa shape index (κ1) is 45.2. The van der Waals surface area contributed by atoms with Crippen LogP contribution in [0.25, 0.3) is 26.6 Å². The van der Waals surface area contributed by atoms with Crippen LogP contribution in [0, 0.1) is 33.6 Å². The molecule has 16 heteroatoms. The fourth-order valence-electron chi connectivity index (χ4n) is 8.52. The SMILES string of the molecule is COC(=O)C[C@@H]1N=C(c2ccc(-c3ccc(C(=O)N[C@H](C(=O)N4C[C@H](O)C[C@H]4C(=O)N[C@@H](C)c4ccc(-c5scnc5C)cc4)C(C)C)cc3)cc2)c2c(sc(C)c2C)-n2c(C)nnc21. The standard InChI is InChI=1S/C49H52N8O6S2/c1-25(2)42(48(62)56-23-37(58)21-39(56)47(61)51-27(4)31-9-17-35(18-10-31)44-28(5)50-24-64-44)53-46(60)36-19-13-33(14-20-36)32-11-15-34(16-12-32)43-41-26(3)29(6)65-49(41)57-30(7)54-55-45(57)38(52-43)22-40(59)63-8/h9-20,24-25,27,37-39,42,58H,21-23H2,1-8H3,(H,51,61)(H,53,60)/t27-,37+,38-,39-,42-/m0/s1. The molecule has 1 saturated heterocycles. The maximum Gasteiger partial charge on any atom is 0.308 e. The van der Waals surface area contributed by atoms with Crippen molar-refractivity contribution in [2.45, 2.75) is 91.6 Å². The summed E-state index contributed by atoms with van der Waals surface area (Å²) in [4.78, 5) is 67.3. The average molecular weight is 913 g/mol. The Balaban J connectivity index is 0.951. The summed E-state index contributed by atoms with van der Waals surface area (Å²) in [6, 6.07) is 20.3. The molecule has 336 valence electrons. The van der Waals surface area contributed by atoms with Gasteiger partial charge in [0, 0.05) is 34.5 Å². The first-order valence-electron chi connectivity index (χ1n) is 21.6. The number of β-amino-alcohol motifs (C(OH)–C–C–N with tert-alkyl or cyclic N) is 1. The summed E-state index contributed by atoms with van der Waals surface area (Å²) in [5.41, 5.74) is 10.6. The van der Waals surface area contributed by atoms with Crippen LogP contribution in [0.4, 0.5) is 0 Å². The van der Waals surface area contributed by atoms with E-state index in [1.54, 1.807) is 34.8 Å². The average Bonchev–Trinajstić information content (AvgIpc) is 4.07. The number of rotatable bonds is 12. The van der Waals surface area contributed by atoms with E-state index in [2.05, 4.69) is 39.7 Å². The lowest BCUT2D eigenvalue weighted by atomic mass is 9.96. The maximum atomic E-state index is 14.2. The predicted octanol–water partition coefficient (Wildman–Crippen LogP) is 7.40. The molecule has 0 aliphatic carbocycles. The Hall–Kier alpha value is -6.36. The number of hydrogen-bond acceptors (Lipinski definition) is 12. The molecule has 6 aromatic rings. The van der Waals surface area contributed by atoms with Gasteiger partial charge in [-0.2, -0.15) is 0 Å². The molecule has 3 amide bonds. The maximum absolute atomic E-state index is 14.2. The lowest BCUT2D eigenvalue weighted by Gasteiger charge is -2.31. The van der Waals surface area contributed by atoms with Gasteiger partial charge < -0.3 is 25.4 Å². The van der Waals surface area contributed by atoms with Gasteiger partial charge in [0.05, 0.1) is 47.5 Å². The number of aromatic nitrogens is 4. The molecule has 0 saturated carbocycles. The van der Waals surface area contributed by atoms with E-state index in [-0.39, 0.29) is 37.3 Å². The van der Waals surface area contributed by atoms with E-state index in [0.717, 1.165) is 65.1 Å². The van der Waals surface area contributed by atoms with Gasteiger partial charge in [0.1, 0.15) is 29.0 Å². The Bertz CT molecular complexity index is 2790. The van der Waals surface area contributed by atoms with Crippen LogP contribution in [0.5, 0.6) is 0 Å². The molecule has 0 unspecified atom stereocenters. The molecule has 8 rings (SSSR count).